The van der Waals surface area contributed by atoms with Crippen LogP contribution in [0, 0.1) is 0 Å². The van der Waals surface area contributed by atoms with Gasteiger partial charge in [-0.05, 0) is 56.5 Å². The highest BCUT2D eigenvalue weighted by Crippen LogP contribution is 2.25. The molecular weight excluding hydrogens is 326 g/mol. The number of aryl methyl sites for hydroxylation is 1. The fraction of sp³-hybridized carbons (Fsp3) is 0.409. The van der Waals surface area contributed by atoms with Crippen molar-refractivity contribution in [3.05, 3.63) is 59.7 Å². The number of carbonyl (C=O) groups is 1. The number of ether oxygens (including phenoxy) is 2. The lowest BCUT2D eigenvalue weighted by atomic mass is 10.0. The monoisotopic (exact) mass is 355 g/mol. The van der Waals surface area contributed by atoms with Crippen LogP contribution >= 0.6 is 0 Å². The molecule has 4 heteroatoms. The highest BCUT2D eigenvalue weighted by molar-refractivity contribution is 5.77. The van der Waals surface area contributed by atoms with Crippen molar-refractivity contribution in [3.8, 4) is 11.5 Å². The summed E-state index contributed by atoms with van der Waals surface area (Å²) in [6.07, 6.45) is 1.14. The lowest BCUT2D eigenvalue weighted by molar-refractivity contribution is -0.133. The third kappa shape index (κ3) is 5.01. The summed E-state index contributed by atoms with van der Waals surface area (Å²) in [5, 5.41) is 0. The maximum atomic E-state index is 12.8. The number of rotatable bonds is 9. The van der Waals surface area contributed by atoms with E-state index >= 15 is 0 Å². The second-order valence-corrected chi connectivity index (χ2v) is 6.17. The van der Waals surface area contributed by atoms with Crippen molar-refractivity contribution in [3.63, 3.8) is 0 Å². The van der Waals surface area contributed by atoms with E-state index in [2.05, 4.69) is 6.92 Å². The maximum absolute atomic E-state index is 12.8. The van der Waals surface area contributed by atoms with E-state index in [1.165, 1.54) is 0 Å². The molecule has 0 aromatic heterocycles. The van der Waals surface area contributed by atoms with Crippen molar-refractivity contribution in [2.24, 2.45) is 0 Å². The van der Waals surface area contributed by atoms with Gasteiger partial charge >= 0.3 is 0 Å². The Morgan fingerprint density at radius 2 is 1.88 bits per heavy atom. The quantitative estimate of drug-likeness (QED) is 0.658. The van der Waals surface area contributed by atoms with E-state index < -0.39 is 0 Å². The van der Waals surface area contributed by atoms with Crippen LogP contribution in [0.5, 0.6) is 11.5 Å². The number of hydrogen-bond donors (Lipinski definition) is 0. The number of amides is 1. The molecule has 1 amide bonds. The number of hydrogen-bond acceptors (Lipinski definition) is 3. The molecule has 140 valence electrons. The molecule has 1 unspecified atom stereocenters. The summed E-state index contributed by atoms with van der Waals surface area (Å²) in [5.74, 6) is 1.82. The smallest absolute Gasteiger partial charge is 0.223 e. The third-order valence-corrected chi connectivity index (χ3v) is 4.59. The Bertz CT molecular complexity index is 714. The first-order chi connectivity index (χ1) is 12.6. The molecule has 0 N–H and O–H groups in total. The molecule has 0 spiro atoms. The molecule has 0 heterocycles. The summed E-state index contributed by atoms with van der Waals surface area (Å²) >= 11 is 0. The molecule has 1 atom stereocenters. The topological polar surface area (TPSA) is 38.8 Å². The molecule has 2 rings (SSSR count). The largest absolute Gasteiger partial charge is 0.497 e. The van der Waals surface area contributed by atoms with E-state index in [4.69, 9.17) is 9.47 Å². The lowest BCUT2D eigenvalue weighted by Crippen LogP contribution is -2.33. The summed E-state index contributed by atoms with van der Waals surface area (Å²) in [7, 11) is 1.66. The molecule has 0 bridgehead atoms. The van der Waals surface area contributed by atoms with Crippen molar-refractivity contribution < 1.29 is 14.3 Å². The van der Waals surface area contributed by atoms with Crippen LogP contribution in [0.2, 0.25) is 0 Å². The molecule has 0 aliphatic rings. The van der Waals surface area contributed by atoms with Gasteiger partial charge in [0.1, 0.15) is 11.5 Å². The van der Waals surface area contributed by atoms with Gasteiger partial charge in [0.15, 0.2) is 0 Å². The van der Waals surface area contributed by atoms with Crippen LogP contribution in [-0.4, -0.2) is 31.1 Å². The van der Waals surface area contributed by atoms with Crippen molar-refractivity contribution in [2.75, 3.05) is 20.3 Å². The van der Waals surface area contributed by atoms with Gasteiger partial charge < -0.3 is 14.4 Å². The van der Waals surface area contributed by atoms with Crippen molar-refractivity contribution in [1.82, 2.24) is 4.90 Å². The van der Waals surface area contributed by atoms with Crippen molar-refractivity contribution >= 4 is 5.91 Å². The Labute approximate surface area is 156 Å². The molecule has 2 aromatic carbocycles. The number of benzene rings is 2. The molecule has 0 radical (unpaired) electrons. The Morgan fingerprint density at radius 3 is 2.58 bits per heavy atom. The Kier molecular flexibility index (Phi) is 7.52. The van der Waals surface area contributed by atoms with E-state index in [1.54, 1.807) is 7.11 Å². The zero-order valence-electron chi connectivity index (χ0n) is 16.2. The first-order valence-corrected chi connectivity index (χ1v) is 9.24. The summed E-state index contributed by atoms with van der Waals surface area (Å²) < 4.78 is 11.0. The van der Waals surface area contributed by atoms with E-state index in [0.717, 1.165) is 22.6 Å². The Balaban J connectivity index is 2.06. The minimum atomic E-state index is 0.00438. The summed E-state index contributed by atoms with van der Waals surface area (Å²) in [6.45, 7) is 7.34. The lowest BCUT2D eigenvalue weighted by Gasteiger charge is -2.29. The van der Waals surface area contributed by atoms with Crippen LogP contribution in [0.15, 0.2) is 48.5 Å². The third-order valence-electron chi connectivity index (χ3n) is 4.59. The minimum absolute atomic E-state index is 0.00438. The summed E-state index contributed by atoms with van der Waals surface area (Å²) in [4.78, 5) is 14.8. The zero-order valence-corrected chi connectivity index (χ0v) is 16.2. The van der Waals surface area contributed by atoms with Gasteiger partial charge in [0.2, 0.25) is 5.91 Å². The minimum Gasteiger partial charge on any atom is -0.497 e. The average molecular weight is 355 g/mol. The predicted molar refractivity (Wildman–Crippen MR) is 105 cm³/mol. The average Bonchev–Trinajstić information content (AvgIpc) is 2.68. The molecule has 0 saturated carbocycles. The Morgan fingerprint density at radius 1 is 1.12 bits per heavy atom. The fourth-order valence-corrected chi connectivity index (χ4v) is 3.14. The molecule has 0 aliphatic carbocycles. The summed E-state index contributed by atoms with van der Waals surface area (Å²) in [6, 6.07) is 15.8. The van der Waals surface area contributed by atoms with Gasteiger partial charge in [-0.15, -0.1) is 0 Å². The molecule has 4 nitrogen and oxygen atoms in total. The Hall–Kier alpha value is -2.49. The van der Waals surface area contributed by atoms with Gasteiger partial charge in [0, 0.05) is 13.0 Å². The van der Waals surface area contributed by atoms with Gasteiger partial charge in [-0.1, -0.05) is 30.3 Å². The second kappa shape index (κ2) is 9.85. The highest BCUT2D eigenvalue weighted by atomic mass is 16.5. The molecule has 0 aliphatic heterocycles. The number of nitrogens with zero attached hydrogens (tertiary/aromatic N) is 1. The normalized spacial score (nSPS) is 11.7. The van der Waals surface area contributed by atoms with Crippen LogP contribution in [0.3, 0.4) is 0 Å². The van der Waals surface area contributed by atoms with Gasteiger partial charge in [-0.3, -0.25) is 4.79 Å². The van der Waals surface area contributed by atoms with E-state index in [1.807, 2.05) is 67.3 Å². The van der Waals surface area contributed by atoms with E-state index in [9.17, 15) is 4.79 Å². The van der Waals surface area contributed by atoms with Crippen LogP contribution in [0.1, 0.15) is 44.4 Å². The SMILES string of the molecule is CCOc1ccccc1CCC(=O)N(CC)C(C)c1cccc(OC)c1. The molecular formula is C22H29NO3. The molecule has 26 heavy (non-hydrogen) atoms. The highest BCUT2D eigenvalue weighted by Gasteiger charge is 2.20. The van der Waals surface area contributed by atoms with Gasteiger partial charge in [-0.25, -0.2) is 0 Å². The van der Waals surface area contributed by atoms with Crippen molar-refractivity contribution in [1.29, 1.82) is 0 Å². The van der Waals surface area contributed by atoms with Gasteiger partial charge in [0.25, 0.3) is 0 Å². The van der Waals surface area contributed by atoms with Gasteiger partial charge in [0.05, 0.1) is 19.8 Å². The number of carbonyl (C=O) groups excluding carboxylic acids is 1. The van der Waals surface area contributed by atoms with Gasteiger partial charge in [-0.2, -0.15) is 0 Å². The summed E-state index contributed by atoms with van der Waals surface area (Å²) in [5.41, 5.74) is 2.15. The number of methoxy groups -OCH3 is 1. The molecule has 0 fully saturated rings. The number of para-hydroxylation sites is 1. The van der Waals surface area contributed by atoms with Crippen molar-refractivity contribution in [2.45, 2.75) is 39.7 Å². The molecule has 0 saturated heterocycles. The zero-order chi connectivity index (χ0) is 18.9. The standard InChI is InChI=1S/C22H29NO3/c1-5-23(17(3)19-11-9-12-20(16-19)25-4)22(24)15-14-18-10-7-8-13-21(18)26-6-2/h7-13,16-17H,5-6,14-15H2,1-4H3. The van der Waals surface area contributed by atoms with E-state index in [0.29, 0.717) is 26.0 Å². The first kappa shape index (κ1) is 19.8. The first-order valence-electron chi connectivity index (χ1n) is 9.24. The molecule has 2 aromatic rings. The predicted octanol–water partition coefficient (Wildman–Crippen LogP) is 4.64. The fourth-order valence-electron chi connectivity index (χ4n) is 3.14. The van der Waals surface area contributed by atoms with Crippen LogP contribution in [-0.2, 0) is 11.2 Å². The van der Waals surface area contributed by atoms with E-state index in [-0.39, 0.29) is 11.9 Å². The van der Waals surface area contributed by atoms with Crippen LogP contribution in [0.4, 0.5) is 0 Å². The van der Waals surface area contributed by atoms with Crippen LogP contribution < -0.4 is 9.47 Å². The van der Waals surface area contributed by atoms with Crippen LogP contribution in [0.25, 0.3) is 0 Å². The second-order valence-electron chi connectivity index (χ2n) is 6.17. The maximum Gasteiger partial charge on any atom is 0.223 e.